The van der Waals surface area contributed by atoms with Crippen LogP contribution < -0.4 is 11.2 Å². The molecule has 0 saturated carbocycles. The van der Waals surface area contributed by atoms with Gasteiger partial charge in [-0.05, 0) is 36.6 Å². The smallest absolute Gasteiger partial charge is 0.299 e. The van der Waals surface area contributed by atoms with Gasteiger partial charge >= 0.3 is 5.69 Å². The van der Waals surface area contributed by atoms with Gasteiger partial charge in [-0.1, -0.05) is 6.07 Å². The zero-order chi connectivity index (χ0) is 14.7. The van der Waals surface area contributed by atoms with Crippen LogP contribution in [0, 0.1) is 24.1 Å². The summed E-state index contributed by atoms with van der Waals surface area (Å²) in [4.78, 5) is 25.0. The molecule has 6 heteroatoms. The summed E-state index contributed by atoms with van der Waals surface area (Å²) in [5.41, 5.74) is 0.340. The van der Waals surface area contributed by atoms with Crippen molar-refractivity contribution in [3.63, 3.8) is 0 Å². The number of H-pyrrole nitrogens is 1. The first-order valence-corrected chi connectivity index (χ1v) is 6.00. The molecule has 1 heterocycles. The minimum atomic E-state index is -0.688. The van der Waals surface area contributed by atoms with Gasteiger partial charge in [0.2, 0.25) is 0 Å². The molecule has 0 atom stereocenters. The number of rotatable bonds is 3. The number of nitrogens with one attached hydrogen (secondary N) is 1. The summed E-state index contributed by atoms with van der Waals surface area (Å²) in [6.45, 7) is 2.09. The quantitative estimate of drug-likeness (QED) is 0.909. The molecule has 0 spiro atoms. The molecule has 0 fully saturated rings. The lowest BCUT2D eigenvalue weighted by atomic mass is 10.1. The zero-order valence-corrected chi connectivity index (χ0v) is 10.8. The van der Waals surface area contributed by atoms with Crippen molar-refractivity contribution in [3.05, 3.63) is 67.7 Å². The largest absolute Gasteiger partial charge is 0.328 e. The van der Waals surface area contributed by atoms with E-state index >= 15 is 0 Å². The van der Waals surface area contributed by atoms with Crippen LogP contribution in [-0.2, 0) is 13.0 Å². The fraction of sp³-hybridized carbons (Fsp3) is 0.214. The summed E-state index contributed by atoms with van der Waals surface area (Å²) in [6, 6.07) is 6.17. The maximum Gasteiger partial charge on any atom is 0.328 e. The van der Waals surface area contributed by atoms with Crippen LogP contribution in [0.2, 0.25) is 0 Å². The molecule has 0 unspecified atom stereocenters. The van der Waals surface area contributed by atoms with Crippen molar-refractivity contribution in [3.8, 4) is 6.07 Å². The molecule has 0 amide bonds. The Morgan fingerprint density at radius 2 is 2.15 bits per heavy atom. The molecule has 0 bridgehead atoms. The Hall–Kier alpha value is -2.68. The van der Waals surface area contributed by atoms with Gasteiger partial charge in [0.1, 0.15) is 17.4 Å². The Bertz CT molecular complexity index is 799. The van der Waals surface area contributed by atoms with Crippen molar-refractivity contribution in [2.24, 2.45) is 0 Å². The van der Waals surface area contributed by atoms with E-state index in [9.17, 15) is 14.0 Å². The normalized spacial score (nSPS) is 10.2. The lowest BCUT2D eigenvalue weighted by Crippen LogP contribution is -2.31. The van der Waals surface area contributed by atoms with Gasteiger partial charge < -0.3 is 0 Å². The predicted molar refractivity (Wildman–Crippen MR) is 70.9 cm³/mol. The summed E-state index contributed by atoms with van der Waals surface area (Å²) >= 11 is 0. The van der Waals surface area contributed by atoms with Crippen molar-refractivity contribution >= 4 is 0 Å². The Balaban J connectivity index is 2.25. The highest BCUT2D eigenvalue weighted by Gasteiger charge is 2.05. The van der Waals surface area contributed by atoms with Crippen LogP contribution >= 0.6 is 0 Å². The summed E-state index contributed by atoms with van der Waals surface area (Å²) in [5.74, 6) is -0.306. The van der Waals surface area contributed by atoms with E-state index in [0.717, 1.165) is 11.1 Å². The molecular formula is C14H12FN3O2. The van der Waals surface area contributed by atoms with Crippen LogP contribution in [0.15, 0.2) is 34.0 Å². The third-order valence-corrected chi connectivity index (χ3v) is 3.06. The molecule has 0 radical (unpaired) electrons. The van der Waals surface area contributed by atoms with Crippen LogP contribution in [-0.4, -0.2) is 9.55 Å². The molecule has 2 aromatic rings. The fourth-order valence-corrected chi connectivity index (χ4v) is 1.94. The molecule has 1 aromatic carbocycles. The van der Waals surface area contributed by atoms with Crippen molar-refractivity contribution in [2.75, 3.05) is 0 Å². The topological polar surface area (TPSA) is 78.7 Å². The van der Waals surface area contributed by atoms with Crippen LogP contribution in [0.3, 0.4) is 0 Å². The van der Waals surface area contributed by atoms with Crippen LogP contribution in [0.25, 0.3) is 0 Å². The fourth-order valence-electron chi connectivity index (χ4n) is 1.94. The van der Waals surface area contributed by atoms with Gasteiger partial charge in [0.15, 0.2) is 0 Å². The Morgan fingerprint density at radius 1 is 1.40 bits per heavy atom. The van der Waals surface area contributed by atoms with E-state index < -0.39 is 11.2 Å². The number of aromatic nitrogens is 2. The van der Waals surface area contributed by atoms with Crippen molar-refractivity contribution in [2.45, 2.75) is 19.9 Å². The van der Waals surface area contributed by atoms with E-state index in [1.165, 1.54) is 22.9 Å². The van der Waals surface area contributed by atoms with Crippen molar-refractivity contribution in [1.82, 2.24) is 9.55 Å². The van der Waals surface area contributed by atoms with Gasteiger partial charge in [0, 0.05) is 12.7 Å². The minimum Gasteiger partial charge on any atom is -0.299 e. The lowest BCUT2D eigenvalue weighted by molar-refractivity contribution is 0.620. The third kappa shape index (κ3) is 2.83. The highest BCUT2D eigenvalue weighted by molar-refractivity contribution is 5.27. The van der Waals surface area contributed by atoms with E-state index in [4.69, 9.17) is 5.26 Å². The lowest BCUT2D eigenvalue weighted by Gasteiger charge is -2.08. The maximum atomic E-state index is 13.0. The average molecular weight is 273 g/mol. The van der Waals surface area contributed by atoms with E-state index in [-0.39, 0.29) is 11.4 Å². The monoisotopic (exact) mass is 273 g/mol. The number of benzene rings is 1. The van der Waals surface area contributed by atoms with Crippen molar-refractivity contribution in [1.29, 1.82) is 5.26 Å². The Morgan fingerprint density at radius 3 is 2.80 bits per heavy atom. The second-order valence-corrected chi connectivity index (χ2v) is 4.43. The summed E-state index contributed by atoms with van der Waals surface area (Å²) in [5, 5.41) is 8.77. The number of nitrogens with zero attached hydrogens (tertiary/aromatic N) is 2. The standard InChI is InChI=1S/C14H12FN3O2/c1-9-6-12(15)3-2-10(9)4-5-18-8-11(7-16)13(19)17-14(18)20/h2-3,6,8H,4-5H2,1H3,(H,17,19,20). The van der Waals surface area contributed by atoms with Gasteiger partial charge in [-0.25, -0.2) is 9.18 Å². The molecule has 1 aromatic heterocycles. The number of hydrogen-bond acceptors (Lipinski definition) is 3. The summed E-state index contributed by atoms with van der Waals surface area (Å²) < 4.78 is 14.3. The molecule has 2 rings (SSSR count). The first kappa shape index (κ1) is 13.7. The Kier molecular flexibility index (Phi) is 3.80. The number of aryl methyl sites for hydroxylation is 3. The predicted octanol–water partition coefficient (Wildman–Crippen LogP) is 1.10. The van der Waals surface area contributed by atoms with Gasteiger partial charge in [0.05, 0.1) is 0 Å². The van der Waals surface area contributed by atoms with Gasteiger partial charge in [-0.2, -0.15) is 5.26 Å². The van der Waals surface area contributed by atoms with E-state index in [0.29, 0.717) is 13.0 Å². The van der Waals surface area contributed by atoms with Gasteiger partial charge in [-0.3, -0.25) is 14.3 Å². The average Bonchev–Trinajstić information content (AvgIpc) is 2.39. The maximum absolute atomic E-state index is 13.0. The third-order valence-electron chi connectivity index (χ3n) is 3.06. The highest BCUT2D eigenvalue weighted by atomic mass is 19.1. The molecule has 20 heavy (non-hydrogen) atoms. The molecular weight excluding hydrogens is 261 g/mol. The first-order chi connectivity index (χ1) is 9.51. The minimum absolute atomic E-state index is 0.111. The van der Waals surface area contributed by atoms with E-state index in [1.807, 2.05) is 0 Å². The van der Waals surface area contributed by atoms with Crippen LogP contribution in [0.5, 0.6) is 0 Å². The Labute approximate surface area is 113 Å². The molecule has 102 valence electrons. The molecule has 0 saturated heterocycles. The second kappa shape index (κ2) is 5.53. The van der Waals surface area contributed by atoms with Crippen molar-refractivity contribution < 1.29 is 4.39 Å². The number of hydrogen-bond donors (Lipinski definition) is 1. The van der Waals surface area contributed by atoms with Gasteiger partial charge in [0.25, 0.3) is 5.56 Å². The molecule has 1 N–H and O–H groups in total. The SMILES string of the molecule is Cc1cc(F)ccc1CCn1cc(C#N)c(=O)[nH]c1=O. The summed E-state index contributed by atoms with van der Waals surface area (Å²) in [6.07, 6.45) is 1.74. The summed E-state index contributed by atoms with van der Waals surface area (Å²) in [7, 11) is 0. The highest BCUT2D eigenvalue weighted by Crippen LogP contribution is 2.11. The second-order valence-electron chi connectivity index (χ2n) is 4.43. The van der Waals surface area contributed by atoms with E-state index in [2.05, 4.69) is 4.98 Å². The first-order valence-electron chi connectivity index (χ1n) is 6.00. The van der Waals surface area contributed by atoms with Crippen LogP contribution in [0.1, 0.15) is 16.7 Å². The molecule has 5 nitrogen and oxygen atoms in total. The number of nitriles is 1. The molecule has 0 aliphatic heterocycles. The molecule has 0 aliphatic carbocycles. The number of halogens is 1. The zero-order valence-electron chi connectivity index (χ0n) is 10.8. The van der Waals surface area contributed by atoms with Gasteiger partial charge in [-0.15, -0.1) is 0 Å². The van der Waals surface area contributed by atoms with E-state index in [1.54, 1.807) is 19.1 Å². The molecule has 0 aliphatic rings. The van der Waals surface area contributed by atoms with Crippen LogP contribution in [0.4, 0.5) is 4.39 Å². The number of aromatic amines is 1.